The molecule has 3 aromatic rings. The van der Waals surface area contributed by atoms with Crippen LogP contribution in [0, 0.1) is 12.8 Å². The number of carboxylic acids is 1. The van der Waals surface area contributed by atoms with Crippen LogP contribution in [0.1, 0.15) is 56.2 Å². The Balaban J connectivity index is 1.46. The first-order valence-electron chi connectivity index (χ1n) is 11.4. The molecule has 10 heteroatoms. The first-order valence-corrected chi connectivity index (χ1v) is 11.4. The molecule has 3 aromatic heterocycles. The summed E-state index contributed by atoms with van der Waals surface area (Å²) in [6.45, 7) is 4.41. The summed E-state index contributed by atoms with van der Waals surface area (Å²) in [5.74, 6) is 0.432. The number of aliphatic carboxylic acids is 1. The smallest absolute Gasteiger partial charge is 0.306 e. The number of pyridine rings is 1. The summed E-state index contributed by atoms with van der Waals surface area (Å²) in [4.78, 5) is 20.3. The molecule has 0 aliphatic heterocycles. The summed E-state index contributed by atoms with van der Waals surface area (Å²) in [7, 11) is 1.83. The molecule has 1 aliphatic rings. The maximum Gasteiger partial charge on any atom is 0.306 e. The number of aromatic nitrogens is 5. The van der Waals surface area contributed by atoms with Gasteiger partial charge in [0.1, 0.15) is 17.2 Å². The third-order valence-corrected chi connectivity index (χ3v) is 5.95. The van der Waals surface area contributed by atoms with E-state index < -0.39 is 5.97 Å². The maximum absolute atomic E-state index is 11.3. The number of oxazole rings is 1. The van der Waals surface area contributed by atoms with Crippen LogP contribution in [0.25, 0.3) is 11.4 Å². The fourth-order valence-electron chi connectivity index (χ4n) is 4.15. The number of nitrogens with zero attached hydrogens (tertiary/aromatic N) is 5. The van der Waals surface area contributed by atoms with Gasteiger partial charge in [-0.25, -0.2) is 14.6 Å². The minimum absolute atomic E-state index is 0.110. The summed E-state index contributed by atoms with van der Waals surface area (Å²) < 4.78 is 13.5. The number of carboxylic acid groups (broad SMARTS) is 1. The first-order chi connectivity index (χ1) is 15.9. The Hall–Kier alpha value is -3.43. The lowest BCUT2D eigenvalue weighted by Crippen LogP contribution is -2.29. The second-order valence-corrected chi connectivity index (χ2v) is 8.47. The second-order valence-electron chi connectivity index (χ2n) is 8.47. The predicted octanol–water partition coefficient (Wildman–Crippen LogP) is 3.76. The summed E-state index contributed by atoms with van der Waals surface area (Å²) in [5, 5.41) is 21.0. The Bertz CT molecular complexity index is 1110. The zero-order chi connectivity index (χ0) is 23.4. The summed E-state index contributed by atoms with van der Waals surface area (Å²) in [5.41, 5.74) is 2.94. The molecule has 0 radical (unpaired) electrons. The molecule has 3 heterocycles. The molecule has 10 nitrogen and oxygen atoms in total. The van der Waals surface area contributed by atoms with Gasteiger partial charge >= 0.3 is 5.97 Å². The van der Waals surface area contributed by atoms with Gasteiger partial charge in [0.2, 0.25) is 0 Å². The highest BCUT2D eigenvalue weighted by Gasteiger charge is 2.28. The summed E-state index contributed by atoms with van der Waals surface area (Å²) in [6.07, 6.45) is 6.42. The molecule has 0 bridgehead atoms. The van der Waals surface area contributed by atoms with E-state index >= 15 is 0 Å². The largest absolute Gasteiger partial charge is 0.489 e. The van der Waals surface area contributed by atoms with Crippen molar-refractivity contribution < 1.29 is 19.1 Å². The number of anilines is 1. The van der Waals surface area contributed by atoms with Gasteiger partial charge in [0.05, 0.1) is 41.8 Å². The van der Waals surface area contributed by atoms with Crippen molar-refractivity contribution in [2.24, 2.45) is 13.0 Å². The number of ether oxygens (including phenoxy) is 1. The predicted molar refractivity (Wildman–Crippen MR) is 121 cm³/mol. The van der Waals surface area contributed by atoms with Crippen molar-refractivity contribution in [3.05, 3.63) is 35.5 Å². The molecule has 1 fully saturated rings. The van der Waals surface area contributed by atoms with Crippen LogP contribution in [-0.4, -0.2) is 42.1 Å². The molecule has 1 aliphatic carbocycles. The zero-order valence-electron chi connectivity index (χ0n) is 19.2. The number of carbonyl (C=O) groups is 1. The fourth-order valence-corrected chi connectivity index (χ4v) is 4.15. The minimum atomic E-state index is -0.747. The van der Waals surface area contributed by atoms with Crippen molar-refractivity contribution in [2.75, 3.05) is 5.32 Å². The van der Waals surface area contributed by atoms with Crippen molar-refractivity contribution in [2.45, 2.75) is 65.0 Å². The molecule has 0 unspecified atom stereocenters. The van der Waals surface area contributed by atoms with Crippen LogP contribution in [0.4, 0.5) is 6.01 Å². The van der Waals surface area contributed by atoms with E-state index in [1.54, 1.807) is 10.9 Å². The number of nitrogens with one attached hydrogen (secondary N) is 1. The number of hydrogen-bond acceptors (Lipinski definition) is 8. The van der Waals surface area contributed by atoms with Crippen molar-refractivity contribution in [3.8, 4) is 17.1 Å². The van der Waals surface area contributed by atoms with E-state index in [2.05, 4.69) is 27.5 Å². The van der Waals surface area contributed by atoms with Crippen molar-refractivity contribution >= 4 is 12.0 Å². The Morgan fingerprint density at radius 3 is 2.97 bits per heavy atom. The van der Waals surface area contributed by atoms with Gasteiger partial charge < -0.3 is 19.6 Å². The molecule has 1 saturated carbocycles. The fraction of sp³-hybridized carbons (Fsp3) is 0.522. The van der Waals surface area contributed by atoms with Gasteiger partial charge in [0.15, 0.2) is 0 Å². The standard InChI is InChI=1S/C23H30N6O4/c1-4-6-17-12-24-23(33-17)25-13-19-21(27-28-29(19)3)18-9-10-20(14(2)26-18)32-16-8-5-7-15(11-16)22(30)31/h9-10,12,15-16H,4-8,11,13H2,1-3H3,(H,24,25)(H,30,31)/t15-,16-/m0/s1. The molecule has 2 atom stereocenters. The zero-order valence-corrected chi connectivity index (χ0v) is 19.2. The van der Waals surface area contributed by atoms with E-state index in [4.69, 9.17) is 14.1 Å². The van der Waals surface area contributed by atoms with Crippen molar-refractivity contribution in [1.29, 1.82) is 0 Å². The Morgan fingerprint density at radius 2 is 2.21 bits per heavy atom. The van der Waals surface area contributed by atoms with Crippen molar-refractivity contribution in [3.63, 3.8) is 0 Å². The topological polar surface area (TPSA) is 128 Å². The third-order valence-electron chi connectivity index (χ3n) is 5.95. The molecule has 0 aromatic carbocycles. The average molecular weight is 455 g/mol. The van der Waals surface area contributed by atoms with Gasteiger partial charge in [-0.2, -0.15) is 0 Å². The van der Waals surface area contributed by atoms with Crippen LogP contribution in [-0.2, 0) is 24.8 Å². The van der Waals surface area contributed by atoms with E-state index in [9.17, 15) is 9.90 Å². The van der Waals surface area contributed by atoms with Gasteiger partial charge in [-0.05, 0) is 51.2 Å². The van der Waals surface area contributed by atoms with Gasteiger partial charge in [-0.3, -0.25) is 4.79 Å². The van der Waals surface area contributed by atoms with Crippen LogP contribution < -0.4 is 10.1 Å². The lowest BCUT2D eigenvalue weighted by molar-refractivity contribution is -0.143. The number of aryl methyl sites for hydroxylation is 3. The Labute approximate surface area is 192 Å². The number of hydrogen-bond donors (Lipinski definition) is 2. The summed E-state index contributed by atoms with van der Waals surface area (Å²) in [6, 6.07) is 4.20. The molecule has 0 spiro atoms. The van der Waals surface area contributed by atoms with Crippen LogP contribution in [0.3, 0.4) is 0 Å². The van der Waals surface area contributed by atoms with E-state index in [1.165, 1.54) is 0 Å². The van der Waals surface area contributed by atoms with Gasteiger partial charge in [-0.15, -0.1) is 5.10 Å². The monoisotopic (exact) mass is 454 g/mol. The Morgan fingerprint density at radius 1 is 1.36 bits per heavy atom. The third kappa shape index (κ3) is 5.32. The highest BCUT2D eigenvalue weighted by atomic mass is 16.5. The van der Waals surface area contributed by atoms with E-state index in [-0.39, 0.29) is 12.0 Å². The van der Waals surface area contributed by atoms with Gasteiger partial charge in [0, 0.05) is 13.5 Å². The highest BCUT2D eigenvalue weighted by Crippen LogP contribution is 2.30. The van der Waals surface area contributed by atoms with Crippen molar-refractivity contribution in [1.82, 2.24) is 25.0 Å². The van der Waals surface area contributed by atoms with E-state index in [0.29, 0.717) is 42.5 Å². The highest BCUT2D eigenvalue weighted by molar-refractivity contribution is 5.70. The normalized spacial score (nSPS) is 18.3. The molecular formula is C23H30N6O4. The minimum Gasteiger partial charge on any atom is -0.489 e. The Kier molecular flexibility index (Phi) is 6.90. The molecule has 2 N–H and O–H groups in total. The lowest BCUT2D eigenvalue weighted by atomic mass is 9.87. The van der Waals surface area contributed by atoms with E-state index in [0.717, 1.165) is 42.8 Å². The van der Waals surface area contributed by atoms with Crippen LogP contribution in [0.15, 0.2) is 22.7 Å². The number of rotatable bonds is 9. The van der Waals surface area contributed by atoms with Gasteiger partial charge in [-0.1, -0.05) is 12.1 Å². The van der Waals surface area contributed by atoms with Gasteiger partial charge in [0.25, 0.3) is 6.01 Å². The molecule has 4 rings (SSSR count). The first kappa shape index (κ1) is 22.8. The molecule has 0 amide bonds. The average Bonchev–Trinajstić information content (AvgIpc) is 3.40. The summed E-state index contributed by atoms with van der Waals surface area (Å²) >= 11 is 0. The van der Waals surface area contributed by atoms with Crippen LogP contribution in [0.2, 0.25) is 0 Å². The SMILES string of the molecule is CCCc1cnc(NCc2c(-c3ccc(O[C@H]4CCC[C@H](C(=O)O)C4)c(C)n3)nnn2C)o1. The quantitative estimate of drug-likeness (QED) is 0.496. The van der Waals surface area contributed by atoms with E-state index in [1.807, 2.05) is 26.1 Å². The molecular weight excluding hydrogens is 424 g/mol. The maximum atomic E-state index is 11.3. The second kappa shape index (κ2) is 10.0. The molecule has 33 heavy (non-hydrogen) atoms. The molecule has 176 valence electrons. The lowest BCUT2D eigenvalue weighted by Gasteiger charge is -2.27. The molecule has 0 saturated heterocycles. The van der Waals surface area contributed by atoms with Crippen LogP contribution in [0.5, 0.6) is 5.75 Å². The van der Waals surface area contributed by atoms with Crippen LogP contribution >= 0.6 is 0 Å².